The van der Waals surface area contributed by atoms with Gasteiger partial charge in [-0.2, -0.15) is 0 Å². The van der Waals surface area contributed by atoms with E-state index >= 15 is 0 Å². The number of hydrogen-bond acceptors (Lipinski definition) is 4. The van der Waals surface area contributed by atoms with Crippen LogP contribution in [0.15, 0.2) is 58.3 Å². The molecule has 0 spiro atoms. The van der Waals surface area contributed by atoms with Crippen LogP contribution in [0.25, 0.3) is 0 Å². The lowest BCUT2D eigenvalue weighted by Crippen LogP contribution is -2.47. The van der Waals surface area contributed by atoms with Crippen molar-refractivity contribution in [3.05, 3.63) is 48.5 Å². The second kappa shape index (κ2) is 9.25. The molecule has 0 bridgehead atoms. The van der Waals surface area contributed by atoms with E-state index in [1.165, 1.54) is 9.79 Å². The first-order chi connectivity index (χ1) is 11.5. The van der Waals surface area contributed by atoms with Crippen molar-refractivity contribution in [3.63, 3.8) is 0 Å². The molecular formula is C19H26NO2S2+. The highest BCUT2D eigenvalue weighted by atomic mass is 32.2. The predicted molar refractivity (Wildman–Crippen MR) is 104 cm³/mol. The summed E-state index contributed by atoms with van der Waals surface area (Å²) >= 11 is 3.68. The van der Waals surface area contributed by atoms with Gasteiger partial charge in [-0.25, -0.2) is 0 Å². The average Bonchev–Trinajstić information content (AvgIpc) is 2.58. The molecule has 5 heteroatoms. The van der Waals surface area contributed by atoms with Crippen LogP contribution in [-0.2, 0) is 0 Å². The number of quaternary nitrogens is 1. The average molecular weight is 365 g/mol. The van der Waals surface area contributed by atoms with Gasteiger partial charge in [-0.3, -0.25) is 0 Å². The third-order valence-corrected chi connectivity index (χ3v) is 6.22. The molecular weight excluding hydrogens is 338 g/mol. The molecule has 0 aromatic heterocycles. The maximum atomic E-state index is 9.33. The van der Waals surface area contributed by atoms with Crippen molar-refractivity contribution in [1.82, 2.24) is 0 Å². The van der Waals surface area contributed by atoms with Gasteiger partial charge >= 0.3 is 0 Å². The second-order valence-electron chi connectivity index (χ2n) is 6.07. The van der Waals surface area contributed by atoms with Gasteiger partial charge in [0.05, 0.1) is 26.7 Å². The third-order valence-electron chi connectivity index (χ3n) is 4.24. The molecule has 0 saturated heterocycles. The van der Waals surface area contributed by atoms with E-state index in [0.29, 0.717) is 11.5 Å². The van der Waals surface area contributed by atoms with E-state index in [1.54, 1.807) is 24.3 Å². The highest BCUT2D eigenvalue weighted by Crippen LogP contribution is 2.23. The van der Waals surface area contributed by atoms with Crippen LogP contribution in [-0.4, -0.2) is 52.9 Å². The minimum atomic E-state index is 0.319. The van der Waals surface area contributed by atoms with Crippen molar-refractivity contribution in [2.45, 2.75) is 16.7 Å². The van der Waals surface area contributed by atoms with E-state index in [0.717, 1.165) is 35.6 Å². The van der Waals surface area contributed by atoms with Gasteiger partial charge in [-0.15, -0.1) is 23.5 Å². The Morgan fingerprint density at radius 2 is 1.12 bits per heavy atom. The van der Waals surface area contributed by atoms with Crippen molar-refractivity contribution in [3.8, 4) is 11.5 Å². The molecule has 0 atom stereocenters. The number of nitrogens with zero attached hydrogens (tertiary/aromatic N) is 1. The number of benzene rings is 2. The van der Waals surface area contributed by atoms with Crippen molar-refractivity contribution < 1.29 is 14.7 Å². The lowest BCUT2D eigenvalue weighted by molar-refractivity contribution is -0.903. The fourth-order valence-corrected chi connectivity index (χ4v) is 4.47. The van der Waals surface area contributed by atoms with Crippen LogP contribution in [0.2, 0.25) is 0 Å². The van der Waals surface area contributed by atoms with Crippen molar-refractivity contribution in [1.29, 1.82) is 0 Å². The van der Waals surface area contributed by atoms with Crippen LogP contribution in [0, 0.1) is 0 Å². The van der Waals surface area contributed by atoms with Crippen LogP contribution >= 0.6 is 23.5 Å². The lowest BCUT2D eigenvalue weighted by atomic mass is 10.3. The van der Waals surface area contributed by atoms with Gasteiger partial charge in [-0.1, -0.05) is 0 Å². The molecule has 2 aromatic rings. The first-order valence-corrected chi connectivity index (χ1v) is 10.1. The summed E-state index contributed by atoms with van der Waals surface area (Å²) < 4.78 is 1.05. The zero-order valence-electron chi connectivity index (χ0n) is 14.3. The molecule has 3 nitrogen and oxygen atoms in total. The molecule has 0 aliphatic rings. The van der Waals surface area contributed by atoms with Gasteiger partial charge in [0.25, 0.3) is 0 Å². The van der Waals surface area contributed by atoms with Gasteiger partial charge < -0.3 is 14.7 Å². The first-order valence-electron chi connectivity index (χ1n) is 8.18. The molecule has 2 rings (SSSR count). The zero-order valence-corrected chi connectivity index (χ0v) is 15.9. The van der Waals surface area contributed by atoms with Gasteiger partial charge in [0.2, 0.25) is 0 Å². The summed E-state index contributed by atoms with van der Waals surface area (Å²) in [6.07, 6.45) is 0. The molecule has 24 heavy (non-hydrogen) atoms. The summed E-state index contributed by atoms with van der Waals surface area (Å²) in [5.74, 6) is 2.78. The topological polar surface area (TPSA) is 40.5 Å². The second-order valence-corrected chi connectivity index (χ2v) is 8.40. The Hall–Kier alpha value is -1.30. The van der Waals surface area contributed by atoms with Crippen LogP contribution in [0.5, 0.6) is 11.5 Å². The number of phenols is 2. The minimum absolute atomic E-state index is 0.319. The Balaban J connectivity index is 1.75. The largest absolute Gasteiger partial charge is 0.508 e. The van der Waals surface area contributed by atoms with Crippen molar-refractivity contribution >= 4 is 23.5 Å². The molecule has 0 aliphatic carbocycles. The van der Waals surface area contributed by atoms with E-state index in [9.17, 15) is 10.2 Å². The minimum Gasteiger partial charge on any atom is -0.508 e. The quantitative estimate of drug-likeness (QED) is 0.509. The summed E-state index contributed by atoms with van der Waals surface area (Å²) in [7, 11) is 2.31. The Bertz CT molecular complexity index is 563. The van der Waals surface area contributed by atoms with Gasteiger partial charge in [-0.05, 0) is 55.5 Å². The van der Waals surface area contributed by atoms with Gasteiger partial charge in [0.1, 0.15) is 11.5 Å². The molecule has 0 heterocycles. The smallest absolute Gasteiger partial charge is 0.115 e. The van der Waals surface area contributed by atoms with Gasteiger partial charge in [0.15, 0.2) is 0 Å². The molecule has 130 valence electrons. The van der Waals surface area contributed by atoms with E-state index < -0.39 is 0 Å². The van der Waals surface area contributed by atoms with E-state index in [2.05, 4.69) is 14.0 Å². The Morgan fingerprint density at radius 3 is 1.46 bits per heavy atom. The SMILES string of the molecule is CC[N+](C)(CCSc1ccc(O)cc1)CCSc1ccc(O)cc1. The highest BCUT2D eigenvalue weighted by Gasteiger charge is 2.18. The number of rotatable bonds is 9. The van der Waals surface area contributed by atoms with Crippen LogP contribution in [0.4, 0.5) is 0 Å². The fraction of sp³-hybridized carbons (Fsp3) is 0.368. The number of phenolic OH excluding ortho intramolecular Hbond substituents is 2. The first kappa shape index (κ1) is 19.0. The molecule has 0 aliphatic heterocycles. The number of aromatic hydroxyl groups is 2. The summed E-state index contributed by atoms with van der Waals surface area (Å²) in [4.78, 5) is 2.41. The van der Waals surface area contributed by atoms with Gasteiger partial charge in [0, 0.05) is 21.3 Å². The molecule has 0 unspecified atom stereocenters. The Morgan fingerprint density at radius 1 is 0.750 bits per heavy atom. The van der Waals surface area contributed by atoms with E-state index in [4.69, 9.17) is 0 Å². The predicted octanol–water partition coefficient (Wildman–Crippen LogP) is 4.45. The fourth-order valence-electron chi connectivity index (χ4n) is 2.28. The van der Waals surface area contributed by atoms with E-state index in [-0.39, 0.29) is 0 Å². The van der Waals surface area contributed by atoms with Crippen LogP contribution in [0.1, 0.15) is 6.92 Å². The van der Waals surface area contributed by atoms with Crippen molar-refractivity contribution in [2.24, 2.45) is 0 Å². The molecule has 0 fully saturated rings. The molecule has 2 N–H and O–H groups in total. The summed E-state index contributed by atoms with van der Waals surface area (Å²) in [5, 5.41) is 18.7. The molecule has 2 aromatic carbocycles. The zero-order chi connectivity index (χ0) is 17.4. The monoisotopic (exact) mass is 364 g/mol. The highest BCUT2D eigenvalue weighted by molar-refractivity contribution is 7.99. The summed E-state index contributed by atoms with van der Waals surface area (Å²) in [6, 6.07) is 14.8. The third kappa shape index (κ3) is 6.30. The maximum Gasteiger partial charge on any atom is 0.115 e. The lowest BCUT2D eigenvalue weighted by Gasteiger charge is -2.33. The molecule has 0 amide bonds. The molecule has 0 radical (unpaired) electrons. The normalized spacial score (nSPS) is 11.6. The maximum absolute atomic E-state index is 9.33. The van der Waals surface area contributed by atoms with E-state index in [1.807, 2.05) is 47.8 Å². The Labute approximate surface area is 153 Å². The standard InChI is InChI=1S/C19H25NO2S2/c1-3-20(2,12-14-23-18-8-4-16(21)5-9-18)13-15-24-19-10-6-17(22)7-11-19/h4-11H,3,12-15H2,1-2H3,(H-,21,22)/p+1. The molecule has 0 saturated carbocycles. The Kier molecular flexibility index (Phi) is 7.34. The van der Waals surface area contributed by atoms with Crippen LogP contribution < -0.4 is 0 Å². The van der Waals surface area contributed by atoms with Crippen LogP contribution in [0.3, 0.4) is 0 Å². The number of thioether (sulfide) groups is 2. The van der Waals surface area contributed by atoms with Crippen molar-refractivity contribution in [2.75, 3.05) is 38.2 Å². The summed E-state index contributed by atoms with van der Waals surface area (Å²) in [6.45, 7) is 5.61. The summed E-state index contributed by atoms with van der Waals surface area (Å²) in [5.41, 5.74) is 0. The number of hydrogen-bond donors (Lipinski definition) is 2.